The molecule has 1 aromatic carbocycles. The third-order valence-electron chi connectivity index (χ3n) is 1.75. The van der Waals surface area contributed by atoms with Crippen LogP contribution in [0.5, 0.6) is 0 Å². The van der Waals surface area contributed by atoms with Crippen molar-refractivity contribution in [1.29, 1.82) is 0 Å². The molecule has 7 heteroatoms. The molecule has 5 nitrogen and oxygen atoms in total. The molecule has 0 bridgehead atoms. The molecule has 1 rings (SSSR count). The fourth-order valence-corrected chi connectivity index (χ4v) is 2.27. The van der Waals surface area contributed by atoms with Gasteiger partial charge in [0.15, 0.2) is 5.75 Å². The Hall–Kier alpha value is -0.920. The minimum atomic E-state index is -3.77. The standard InChI is InChI=1S/C9H10BrNO4S/c10-8-4-2-1-3-7(8)5-11-16(14,15)6-9(12)13/h1-4,11H,5-6H2,(H,12,13). The zero-order chi connectivity index (χ0) is 12.2. The number of benzene rings is 1. The Balaban J connectivity index is 2.65. The summed E-state index contributed by atoms with van der Waals surface area (Å²) in [6, 6.07) is 7.10. The Morgan fingerprint density at radius 3 is 2.56 bits per heavy atom. The molecular weight excluding hydrogens is 298 g/mol. The summed E-state index contributed by atoms with van der Waals surface area (Å²) in [6.07, 6.45) is 0. The predicted octanol–water partition coefficient (Wildman–Crippen LogP) is 0.953. The summed E-state index contributed by atoms with van der Waals surface area (Å²) in [5, 5.41) is 8.37. The van der Waals surface area contributed by atoms with Crippen LogP contribution in [-0.4, -0.2) is 25.2 Å². The van der Waals surface area contributed by atoms with E-state index in [0.29, 0.717) is 0 Å². The first kappa shape index (κ1) is 13.1. The van der Waals surface area contributed by atoms with Crippen molar-refractivity contribution >= 4 is 31.9 Å². The largest absolute Gasteiger partial charge is 0.480 e. The molecule has 0 aromatic heterocycles. The molecule has 0 saturated carbocycles. The summed E-state index contributed by atoms with van der Waals surface area (Å²) < 4.78 is 25.4. The van der Waals surface area contributed by atoms with Gasteiger partial charge in [0.1, 0.15) is 0 Å². The van der Waals surface area contributed by atoms with Crippen LogP contribution in [0.2, 0.25) is 0 Å². The normalized spacial score (nSPS) is 11.3. The van der Waals surface area contributed by atoms with Crippen LogP contribution in [0.4, 0.5) is 0 Å². The molecule has 0 aliphatic carbocycles. The van der Waals surface area contributed by atoms with E-state index < -0.39 is 21.7 Å². The molecule has 0 atom stereocenters. The van der Waals surface area contributed by atoms with Crippen LogP contribution in [0.15, 0.2) is 28.7 Å². The number of rotatable bonds is 5. The van der Waals surface area contributed by atoms with Crippen molar-refractivity contribution in [3.8, 4) is 0 Å². The third kappa shape index (κ3) is 4.30. The Morgan fingerprint density at radius 1 is 1.38 bits per heavy atom. The molecule has 88 valence electrons. The molecule has 0 heterocycles. The number of carboxylic acid groups (broad SMARTS) is 1. The predicted molar refractivity (Wildman–Crippen MR) is 62.4 cm³/mol. The van der Waals surface area contributed by atoms with Gasteiger partial charge in [0.05, 0.1) is 0 Å². The van der Waals surface area contributed by atoms with Crippen molar-refractivity contribution in [3.63, 3.8) is 0 Å². The fraction of sp³-hybridized carbons (Fsp3) is 0.222. The van der Waals surface area contributed by atoms with Gasteiger partial charge in [-0.05, 0) is 11.6 Å². The Labute approximate surface area is 102 Å². The van der Waals surface area contributed by atoms with Crippen LogP contribution in [-0.2, 0) is 21.4 Å². The number of aliphatic carboxylic acids is 1. The Bertz CT molecular complexity index is 486. The maximum Gasteiger partial charge on any atom is 0.320 e. The van der Waals surface area contributed by atoms with Gasteiger partial charge in [0.25, 0.3) is 0 Å². The highest BCUT2D eigenvalue weighted by molar-refractivity contribution is 9.10. The van der Waals surface area contributed by atoms with E-state index >= 15 is 0 Å². The molecule has 0 aliphatic rings. The Kier molecular flexibility index (Phi) is 4.45. The van der Waals surface area contributed by atoms with Crippen LogP contribution in [0.3, 0.4) is 0 Å². The smallest absolute Gasteiger partial charge is 0.320 e. The van der Waals surface area contributed by atoms with E-state index in [0.717, 1.165) is 10.0 Å². The number of carbonyl (C=O) groups is 1. The number of hydrogen-bond acceptors (Lipinski definition) is 3. The van der Waals surface area contributed by atoms with E-state index in [4.69, 9.17) is 5.11 Å². The molecular formula is C9H10BrNO4S. The van der Waals surface area contributed by atoms with Gasteiger partial charge in [-0.15, -0.1) is 0 Å². The molecule has 0 amide bonds. The monoisotopic (exact) mass is 307 g/mol. The maximum atomic E-state index is 11.2. The van der Waals surface area contributed by atoms with Crippen LogP contribution in [0, 0.1) is 0 Å². The molecule has 0 fully saturated rings. The van der Waals surface area contributed by atoms with Gasteiger partial charge < -0.3 is 5.11 Å². The Morgan fingerprint density at radius 2 is 2.00 bits per heavy atom. The van der Waals surface area contributed by atoms with E-state index in [1.54, 1.807) is 24.3 Å². The number of hydrogen-bond donors (Lipinski definition) is 2. The van der Waals surface area contributed by atoms with Crippen LogP contribution in [0.25, 0.3) is 0 Å². The van der Waals surface area contributed by atoms with Gasteiger partial charge in [0, 0.05) is 11.0 Å². The van der Waals surface area contributed by atoms with Gasteiger partial charge in [-0.25, -0.2) is 13.1 Å². The van der Waals surface area contributed by atoms with Crippen molar-refractivity contribution in [3.05, 3.63) is 34.3 Å². The molecule has 2 N–H and O–H groups in total. The zero-order valence-corrected chi connectivity index (χ0v) is 10.6. The van der Waals surface area contributed by atoms with Crippen molar-refractivity contribution in [2.24, 2.45) is 0 Å². The molecule has 1 aromatic rings. The minimum absolute atomic E-state index is 0.0665. The molecule has 16 heavy (non-hydrogen) atoms. The molecule has 0 unspecified atom stereocenters. The lowest BCUT2D eigenvalue weighted by Gasteiger charge is -2.06. The quantitative estimate of drug-likeness (QED) is 0.848. The van der Waals surface area contributed by atoms with E-state index in [-0.39, 0.29) is 6.54 Å². The second-order valence-electron chi connectivity index (χ2n) is 3.07. The van der Waals surface area contributed by atoms with Crippen molar-refractivity contribution in [2.75, 3.05) is 5.75 Å². The highest BCUT2D eigenvalue weighted by atomic mass is 79.9. The van der Waals surface area contributed by atoms with Gasteiger partial charge in [-0.2, -0.15) is 0 Å². The first-order valence-electron chi connectivity index (χ1n) is 4.33. The van der Waals surface area contributed by atoms with Crippen molar-refractivity contribution < 1.29 is 18.3 Å². The second kappa shape index (κ2) is 5.42. The van der Waals surface area contributed by atoms with Gasteiger partial charge in [0.2, 0.25) is 10.0 Å². The number of nitrogens with one attached hydrogen (secondary N) is 1. The molecule has 0 spiro atoms. The summed E-state index contributed by atoms with van der Waals surface area (Å²) in [6.45, 7) is 0.0665. The molecule has 0 saturated heterocycles. The first-order chi connectivity index (χ1) is 7.41. The highest BCUT2D eigenvalue weighted by Gasteiger charge is 2.15. The fourth-order valence-electron chi connectivity index (χ4n) is 1.04. The lowest BCUT2D eigenvalue weighted by Crippen LogP contribution is -2.29. The highest BCUT2D eigenvalue weighted by Crippen LogP contribution is 2.15. The van der Waals surface area contributed by atoms with E-state index in [1.807, 2.05) is 0 Å². The number of sulfonamides is 1. The summed E-state index contributed by atoms with van der Waals surface area (Å²) in [7, 11) is -3.77. The summed E-state index contributed by atoms with van der Waals surface area (Å²) >= 11 is 3.26. The molecule has 0 aliphatic heterocycles. The summed E-state index contributed by atoms with van der Waals surface area (Å²) in [4.78, 5) is 10.3. The van der Waals surface area contributed by atoms with Crippen LogP contribution >= 0.6 is 15.9 Å². The summed E-state index contributed by atoms with van der Waals surface area (Å²) in [5.74, 6) is -2.29. The van der Waals surface area contributed by atoms with E-state index in [9.17, 15) is 13.2 Å². The average molecular weight is 308 g/mol. The zero-order valence-electron chi connectivity index (χ0n) is 8.18. The van der Waals surface area contributed by atoms with Gasteiger partial charge in [-0.1, -0.05) is 34.1 Å². The maximum absolute atomic E-state index is 11.2. The van der Waals surface area contributed by atoms with Crippen LogP contribution < -0.4 is 4.72 Å². The first-order valence-corrected chi connectivity index (χ1v) is 6.78. The summed E-state index contributed by atoms with van der Waals surface area (Å²) in [5.41, 5.74) is 0.747. The van der Waals surface area contributed by atoms with Crippen molar-refractivity contribution in [1.82, 2.24) is 4.72 Å². The van der Waals surface area contributed by atoms with Gasteiger partial charge in [-0.3, -0.25) is 4.79 Å². The minimum Gasteiger partial charge on any atom is -0.480 e. The van der Waals surface area contributed by atoms with E-state index in [2.05, 4.69) is 20.7 Å². The van der Waals surface area contributed by atoms with Gasteiger partial charge >= 0.3 is 5.97 Å². The van der Waals surface area contributed by atoms with Crippen LogP contribution in [0.1, 0.15) is 5.56 Å². The lowest BCUT2D eigenvalue weighted by molar-refractivity contribution is -0.134. The second-order valence-corrected chi connectivity index (χ2v) is 5.73. The third-order valence-corrected chi connectivity index (χ3v) is 3.74. The number of halogens is 1. The molecule has 0 radical (unpaired) electrons. The number of carboxylic acids is 1. The van der Waals surface area contributed by atoms with Crippen molar-refractivity contribution in [2.45, 2.75) is 6.54 Å². The average Bonchev–Trinajstić information content (AvgIpc) is 2.14. The SMILES string of the molecule is O=C(O)CS(=O)(=O)NCc1ccccc1Br. The topological polar surface area (TPSA) is 83.5 Å². The lowest BCUT2D eigenvalue weighted by atomic mass is 10.2. The van der Waals surface area contributed by atoms with E-state index in [1.165, 1.54) is 0 Å².